The summed E-state index contributed by atoms with van der Waals surface area (Å²) in [6, 6.07) is 2.68. The van der Waals surface area contributed by atoms with E-state index in [4.69, 9.17) is 0 Å². The number of nitrogens with zero attached hydrogens (tertiary/aromatic N) is 4. The van der Waals surface area contributed by atoms with Crippen LogP contribution in [0.4, 0.5) is 0 Å². The van der Waals surface area contributed by atoms with Gasteiger partial charge in [-0.15, -0.1) is 0 Å². The molecule has 5 nitrogen and oxygen atoms in total. The number of piperazine rings is 1. The standard InChI is InChI=1S/C19H30N4O/c24-19-15-16-5-1-4-8-18(16)20-23(19)14-11-21-9-12-22(13-10-21)17-6-2-3-7-17/h15,17H,1-14H2. The Bertz CT molecular complexity index is 612. The predicted molar refractivity (Wildman–Crippen MR) is 95.4 cm³/mol. The Kier molecular flexibility index (Phi) is 4.99. The average Bonchev–Trinajstić information content (AvgIpc) is 3.15. The van der Waals surface area contributed by atoms with Crippen molar-refractivity contribution < 1.29 is 0 Å². The van der Waals surface area contributed by atoms with Crippen molar-refractivity contribution in [1.82, 2.24) is 19.6 Å². The van der Waals surface area contributed by atoms with Gasteiger partial charge < -0.3 is 0 Å². The maximum Gasteiger partial charge on any atom is 0.267 e. The molecule has 1 aliphatic heterocycles. The molecule has 2 heterocycles. The van der Waals surface area contributed by atoms with Crippen molar-refractivity contribution in [3.8, 4) is 0 Å². The van der Waals surface area contributed by atoms with Gasteiger partial charge in [-0.3, -0.25) is 14.6 Å². The molecule has 132 valence electrons. The van der Waals surface area contributed by atoms with Crippen molar-refractivity contribution in [3.63, 3.8) is 0 Å². The van der Waals surface area contributed by atoms with Gasteiger partial charge in [0.15, 0.2) is 0 Å². The van der Waals surface area contributed by atoms with E-state index in [1.165, 1.54) is 57.2 Å². The molecule has 2 fully saturated rings. The Balaban J connectivity index is 1.30. The van der Waals surface area contributed by atoms with Gasteiger partial charge in [-0.1, -0.05) is 12.8 Å². The lowest BCUT2D eigenvalue weighted by Crippen LogP contribution is -2.50. The summed E-state index contributed by atoms with van der Waals surface area (Å²) in [7, 11) is 0. The summed E-state index contributed by atoms with van der Waals surface area (Å²) in [6.07, 6.45) is 10.1. The zero-order chi connectivity index (χ0) is 16.4. The normalized spacial score (nSPS) is 23.5. The lowest BCUT2D eigenvalue weighted by Gasteiger charge is -2.38. The maximum absolute atomic E-state index is 12.3. The third kappa shape index (κ3) is 3.57. The zero-order valence-corrected chi connectivity index (χ0v) is 14.8. The summed E-state index contributed by atoms with van der Waals surface area (Å²) in [4.78, 5) is 17.4. The van der Waals surface area contributed by atoms with Gasteiger partial charge in [0.25, 0.3) is 5.56 Å². The molecule has 0 radical (unpaired) electrons. The smallest absolute Gasteiger partial charge is 0.267 e. The molecule has 1 aromatic heterocycles. The van der Waals surface area contributed by atoms with E-state index in [-0.39, 0.29) is 5.56 Å². The minimum Gasteiger partial charge on any atom is -0.299 e. The van der Waals surface area contributed by atoms with Gasteiger partial charge in [0.05, 0.1) is 12.2 Å². The Morgan fingerprint density at radius 2 is 1.71 bits per heavy atom. The van der Waals surface area contributed by atoms with Crippen molar-refractivity contribution in [1.29, 1.82) is 0 Å². The van der Waals surface area contributed by atoms with Crippen LogP contribution in [0.2, 0.25) is 0 Å². The van der Waals surface area contributed by atoms with Crippen LogP contribution < -0.4 is 5.56 Å². The van der Waals surface area contributed by atoms with Crippen molar-refractivity contribution in [2.45, 2.75) is 64.0 Å². The highest BCUT2D eigenvalue weighted by Crippen LogP contribution is 2.24. The monoisotopic (exact) mass is 330 g/mol. The fourth-order valence-corrected chi connectivity index (χ4v) is 4.62. The minimum absolute atomic E-state index is 0.0836. The Morgan fingerprint density at radius 3 is 2.50 bits per heavy atom. The molecule has 0 bridgehead atoms. The number of hydrogen-bond acceptors (Lipinski definition) is 4. The Morgan fingerprint density at radius 1 is 0.958 bits per heavy atom. The second-order valence-electron chi connectivity index (χ2n) is 7.70. The second-order valence-corrected chi connectivity index (χ2v) is 7.70. The SMILES string of the molecule is O=c1cc2c(nn1CCN1CCN(C3CCCC3)CC1)CCCC2. The molecule has 1 aromatic rings. The number of aryl methyl sites for hydroxylation is 2. The molecule has 24 heavy (non-hydrogen) atoms. The summed E-state index contributed by atoms with van der Waals surface area (Å²) < 4.78 is 1.70. The first-order valence-electron chi connectivity index (χ1n) is 9.86. The van der Waals surface area contributed by atoms with Crippen LogP contribution in [0.25, 0.3) is 0 Å². The van der Waals surface area contributed by atoms with Crippen LogP contribution in [0, 0.1) is 0 Å². The molecule has 0 spiro atoms. The summed E-state index contributed by atoms with van der Waals surface area (Å²) in [5.41, 5.74) is 2.43. The van der Waals surface area contributed by atoms with E-state index in [0.717, 1.165) is 50.8 Å². The van der Waals surface area contributed by atoms with Crippen LogP contribution >= 0.6 is 0 Å². The van der Waals surface area contributed by atoms with E-state index in [2.05, 4.69) is 14.9 Å². The van der Waals surface area contributed by atoms with Crippen LogP contribution in [-0.4, -0.2) is 58.3 Å². The van der Waals surface area contributed by atoms with Gasteiger partial charge in [-0.25, -0.2) is 4.68 Å². The number of fused-ring (bicyclic) bond motifs is 1. The molecule has 0 amide bonds. The van der Waals surface area contributed by atoms with Crippen LogP contribution in [0.5, 0.6) is 0 Å². The summed E-state index contributed by atoms with van der Waals surface area (Å²) in [5, 5.41) is 4.64. The molecular formula is C19H30N4O. The average molecular weight is 330 g/mol. The van der Waals surface area contributed by atoms with Gasteiger partial charge >= 0.3 is 0 Å². The summed E-state index contributed by atoms with van der Waals surface area (Å²) in [5.74, 6) is 0. The van der Waals surface area contributed by atoms with E-state index >= 15 is 0 Å². The van der Waals surface area contributed by atoms with Gasteiger partial charge in [0, 0.05) is 44.8 Å². The predicted octanol–water partition coefficient (Wildman–Crippen LogP) is 1.68. The number of aromatic nitrogens is 2. The molecule has 0 unspecified atom stereocenters. The minimum atomic E-state index is 0.0836. The van der Waals surface area contributed by atoms with Gasteiger partial charge in [0.2, 0.25) is 0 Å². The van der Waals surface area contributed by atoms with Crippen LogP contribution in [0.1, 0.15) is 49.8 Å². The first-order chi connectivity index (χ1) is 11.8. The molecule has 4 rings (SSSR count). The fourth-order valence-electron chi connectivity index (χ4n) is 4.62. The molecule has 1 saturated heterocycles. The number of rotatable bonds is 4. The molecule has 2 aliphatic carbocycles. The van der Waals surface area contributed by atoms with Crippen molar-refractivity contribution in [3.05, 3.63) is 27.7 Å². The van der Waals surface area contributed by atoms with E-state index in [1.54, 1.807) is 4.68 Å². The molecule has 5 heteroatoms. The van der Waals surface area contributed by atoms with Gasteiger partial charge in [-0.05, 0) is 44.1 Å². The maximum atomic E-state index is 12.3. The molecule has 0 aromatic carbocycles. The van der Waals surface area contributed by atoms with Gasteiger partial charge in [-0.2, -0.15) is 5.10 Å². The van der Waals surface area contributed by atoms with Crippen molar-refractivity contribution in [2.75, 3.05) is 32.7 Å². The van der Waals surface area contributed by atoms with E-state index in [9.17, 15) is 4.79 Å². The fraction of sp³-hybridized carbons (Fsp3) is 0.789. The Hall–Kier alpha value is -1.20. The van der Waals surface area contributed by atoms with Crippen LogP contribution in [0.3, 0.4) is 0 Å². The van der Waals surface area contributed by atoms with Crippen molar-refractivity contribution >= 4 is 0 Å². The van der Waals surface area contributed by atoms with Gasteiger partial charge in [0.1, 0.15) is 0 Å². The lowest BCUT2D eigenvalue weighted by atomic mass is 9.97. The molecule has 0 atom stereocenters. The lowest BCUT2D eigenvalue weighted by molar-refractivity contribution is 0.0947. The van der Waals surface area contributed by atoms with Crippen molar-refractivity contribution in [2.24, 2.45) is 0 Å². The topological polar surface area (TPSA) is 41.4 Å². The first-order valence-corrected chi connectivity index (χ1v) is 9.86. The number of hydrogen-bond donors (Lipinski definition) is 0. The van der Waals surface area contributed by atoms with E-state index < -0.39 is 0 Å². The molecule has 1 saturated carbocycles. The quantitative estimate of drug-likeness (QED) is 0.842. The molecule has 0 N–H and O–H groups in total. The summed E-state index contributed by atoms with van der Waals surface area (Å²) in [6.45, 7) is 6.33. The third-order valence-electron chi connectivity index (χ3n) is 6.15. The van der Waals surface area contributed by atoms with E-state index in [0.29, 0.717) is 0 Å². The highest BCUT2D eigenvalue weighted by molar-refractivity contribution is 5.20. The third-order valence-corrected chi connectivity index (χ3v) is 6.15. The largest absolute Gasteiger partial charge is 0.299 e. The molecule has 3 aliphatic rings. The van der Waals surface area contributed by atoms with Crippen LogP contribution in [-0.2, 0) is 19.4 Å². The Labute approximate surface area is 144 Å². The highest BCUT2D eigenvalue weighted by atomic mass is 16.1. The first kappa shape index (κ1) is 16.3. The molecular weight excluding hydrogens is 300 g/mol. The van der Waals surface area contributed by atoms with Crippen LogP contribution in [0.15, 0.2) is 10.9 Å². The van der Waals surface area contributed by atoms with E-state index in [1.807, 2.05) is 6.07 Å². The second kappa shape index (κ2) is 7.36. The zero-order valence-electron chi connectivity index (χ0n) is 14.8. The summed E-state index contributed by atoms with van der Waals surface area (Å²) >= 11 is 0. The highest BCUT2D eigenvalue weighted by Gasteiger charge is 2.26.